The standard InChI is InChI=1S/C11H16N6O/c1-4-11(2,3)18-10-15-8(12)14-9(16-10)17-6-5-13-7-17/h5-7H,4H2,1-3H3,(H2,12,14,15,16). The highest BCUT2D eigenvalue weighted by Crippen LogP contribution is 2.18. The molecule has 0 spiro atoms. The van der Waals surface area contributed by atoms with Crippen molar-refractivity contribution in [2.75, 3.05) is 5.73 Å². The van der Waals surface area contributed by atoms with E-state index in [1.807, 2.05) is 20.8 Å². The number of nitrogen functional groups attached to an aromatic ring is 1. The number of aromatic nitrogens is 5. The first-order chi connectivity index (χ1) is 8.50. The molecule has 0 amide bonds. The predicted molar refractivity (Wildman–Crippen MR) is 66.4 cm³/mol. The van der Waals surface area contributed by atoms with Gasteiger partial charge < -0.3 is 10.5 Å². The summed E-state index contributed by atoms with van der Waals surface area (Å²) >= 11 is 0. The van der Waals surface area contributed by atoms with Crippen molar-refractivity contribution in [2.24, 2.45) is 0 Å². The van der Waals surface area contributed by atoms with Gasteiger partial charge in [0.05, 0.1) is 0 Å². The summed E-state index contributed by atoms with van der Waals surface area (Å²) in [4.78, 5) is 16.1. The fourth-order valence-electron chi connectivity index (χ4n) is 1.22. The summed E-state index contributed by atoms with van der Waals surface area (Å²) in [6, 6.07) is 0.220. The maximum Gasteiger partial charge on any atom is 0.323 e. The van der Waals surface area contributed by atoms with Gasteiger partial charge in [-0.05, 0) is 20.3 Å². The summed E-state index contributed by atoms with van der Waals surface area (Å²) in [5.74, 6) is 0.512. The van der Waals surface area contributed by atoms with Crippen molar-refractivity contribution in [3.8, 4) is 12.0 Å². The number of hydrogen-bond donors (Lipinski definition) is 1. The second kappa shape index (κ2) is 4.59. The van der Waals surface area contributed by atoms with Gasteiger partial charge in [0, 0.05) is 12.4 Å². The SMILES string of the molecule is CCC(C)(C)Oc1nc(N)nc(-n2ccnc2)n1. The lowest BCUT2D eigenvalue weighted by Gasteiger charge is -2.23. The third-order valence-corrected chi connectivity index (χ3v) is 2.57. The number of nitrogens with zero attached hydrogens (tertiary/aromatic N) is 5. The van der Waals surface area contributed by atoms with Gasteiger partial charge in [0.1, 0.15) is 11.9 Å². The molecule has 2 rings (SSSR count). The molecule has 0 saturated carbocycles. The molecule has 96 valence electrons. The van der Waals surface area contributed by atoms with Gasteiger partial charge in [0.25, 0.3) is 0 Å². The molecule has 0 aliphatic heterocycles. The molecule has 0 aliphatic rings. The highest BCUT2D eigenvalue weighted by atomic mass is 16.5. The Morgan fingerprint density at radius 2 is 2.11 bits per heavy atom. The van der Waals surface area contributed by atoms with E-state index < -0.39 is 0 Å². The molecular formula is C11H16N6O. The summed E-state index contributed by atoms with van der Waals surface area (Å²) in [6.07, 6.45) is 5.78. The molecule has 0 fully saturated rings. The average molecular weight is 248 g/mol. The molecule has 2 aromatic rings. The van der Waals surface area contributed by atoms with Crippen LogP contribution in [-0.4, -0.2) is 30.1 Å². The third-order valence-electron chi connectivity index (χ3n) is 2.57. The van der Waals surface area contributed by atoms with Crippen LogP contribution < -0.4 is 10.5 Å². The smallest absolute Gasteiger partial charge is 0.323 e. The number of nitrogens with two attached hydrogens (primary N) is 1. The Kier molecular flexibility index (Phi) is 3.14. The highest BCUT2D eigenvalue weighted by Gasteiger charge is 2.19. The lowest BCUT2D eigenvalue weighted by atomic mass is 10.1. The molecule has 18 heavy (non-hydrogen) atoms. The molecule has 0 aromatic carbocycles. The maximum absolute atomic E-state index is 5.69. The Hall–Kier alpha value is -2.18. The number of hydrogen-bond acceptors (Lipinski definition) is 6. The van der Waals surface area contributed by atoms with Crippen molar-refractivity contribution >= 4 is 5.95 Å². The Morgan fingerprint density at radius 1 is 1.33 bits per heavy atom. The zero-order chi connectivity index (χ0) is 13.2. The highest BCUT2D eigenvalue weighted by molar-refractivity contribution is 5.25. The Labute approximate surface area is 105 Å². The van der Waals surface area contributed by atoms with E-state index >= 15 is 0 Å². The molecule has 2 N–H and O–H groups in total. The van der Waals surface area contributed by atoms with Crippen LogP contribution in [0.1, 0.15) is 27.2 Å². The number of rotatable bonds is 4. The Morgan fingerprint density at radius 3 is 2.72 bits per heavy atom. The molecule has 0 atom stereocenters. The largest absolute Gasteiger partial charge is 0.457 e. The van der Waals surface area contributed by atoms with Crippen molar-refractivity contribution in [3.05, 3.63) is 18.7 Å². The molecule has 0 unspecified atom stereocenters. The van der Waals surface area contributed by atoms with Gasteiger partial charge in [-0.25, -0.2) is 4.98 Å². The van der Waals surface area contributed by atoms with Crippen molar-refractivity contribution in [1.29, 1.82) is 0 Å². The Balaban J connectivity index is 2.33. The van der Waals surface area contributed by atoms with Crippen molar-refractivity contribution in [3.63, 3.8) is 0 Å². The molecule has 0 saturated heterocycles. The average Bonchev–Trinajstić information content (AvgIpc) is 2.81. The van der Waals surface area contributed by atoms with E-state index in [2.05, 4.69) is 19.9 Å². The fraction of sp³-hybridized carbons (Fsp3) is 0.455. The molecule has 0 radical (unpaired) electrons. The van der Waals surface area contributed by atoms with E-state index in [-0.39, 0.29) is 17.6 Å². The molecular weight excluding hydrogens is 232 g/mol. The molecule has 7 nitrogen and oxygen atoms in total. The van der Waals surface area contributed by atoms with Crippen LogP contribution in [0.4, 0.5) is 5.95 Å². The Bertz CT molecular complexity index is 522. The number of imidazole rings is 1. The van der Waals surface area contributed by atoms with E-state index in [9.17, 15) is 0 Å². The zero-order valence-electron chi connectivity index (χ0n) is 10.7. The quantitative estimate of drug-likeness (QED) is 0.874. The first kappa shape index (κ1) is 12.3. The van der Waals surface area contributed by atoms with Crippen LogP contribution in [0, 0.1) is 0 Å². The van der Waals surface area contributed by atoms with E-state index in [0.29, 0.717) is 5.95 Å². The molecule has 0 aliphatic carbocycles. The minimum Gasteiger partial charge on any atom is -0.457 e. The van der Waals surface area contributed by atoms with Crippen LogP contribution in [0.3, 0.4) is 0 Å². The van der Waals surface area contributed by atoms with E-state index in [0.717, 1.165) is 6.42 Å². The van der Waals surface area contributed by atoms with Crippen LogP contribution in [0.2, 0.25) is 0 Å². The minimum absolute atomic E-state index is 0.121. The summed E-state index contributed by atoms with van der Waals surface area (Å²) < 4.78 is 7.34. The first-order valence-electron chi connectivity index (χ1n) is 5.69. The maximum atomic E-state index is 5.69. The van der Waals surface area contributed by atoms with E-state index in [1.54, 1.807) is 23.3 Å². The first-order valence-corrected chi connectivity index (χ1v) is 5.69. The number of ether oxygens (including phenoxy) is 1. The normalized spacial score (nSPS) is 11.5. The van der Waals surface area contributed by atoms with Crippen molar-refractivity contribution < 1.29 is 4.74 Å². The van der Waals surface area contributed by atoms with Crippen LogP contribution in [0.15, 0.2) is 18.7 Å². The monoisotopic (exact) mass is 248 g/mol. The minimum atomic E-state index is -0.347. The summed E-state index contributed by atoms with van der Waals surface area (Å²) in [6.45, 7) is 5.95. The van der Waals surface area contributed by atoms with Gasteiger partial charge in [-0.2, -0.15) is 15.0 Å². The van der Waals surface area contributed by atoms with Crippen molar-refractivity contribution in [1.82, 2.24) is 24.5 Å². The summed E-state index contributed by atoms with van der Waals surface area (Å²) in [5.41, 5.74) is 5.30. The summed E-state index contributed by atoms with van der Waals surface area (Å²) in [7, 11) is 0. The van der Waals surface area contributed by atoms with E-state index in [1.165, 1.54) is 0 Å². The molecule has 0 bridgehead atoms. The fourth-order valence-corrected chi connectivity index (χ4v) is 1.22. The van der Waals surface area contributed by atoms with Gasteiger partial charge in [-0.1, -0.05) is 6.92 Å². The number of anilines is 1. The van der Waals surface area contributed by atoms with Gasteiger partial charge in [0.2, 0.25) is 11.9 Å². The van der Waals surface area contributed by atoms with E-state index in [4.69, 9.17) is 10.5 Å². The molecule has 2 aromatic heterocycles. The van der Waals surface area contributed by atoms with Crippen LogP contribution in [0.5, 0.6) is 6.01 Å². The second-order valence-electron chi connectivity index (χ2n) is 4.46. The van der Waals surface area contributed by atoms with Crippen LogP contribution >= 0.6 is 0 Å². The molecule has 2 heterocycles. The lowest BCUT2D eigenvalue weighted by Crippen LogP contribution is -2.28. The van der Waals surface area contributed by atoms with Gasteiger partial charge in [0.15, 0.2) is 0 Å². The molecule has 7 heteroatoms. The van der Waals surface area contributed by atoms with Crippen molar-refractivity contribution in [2.45, 2.75) is 32.8 Å². The third kappa shape index (κ3) is 2.73. The summed E-state index contributed by atoms with van der Waals surface area (Å²) in [5, 5.41) is 0. The zero-order valence-corrected chi connectivity index (χ0v) is 10.7. The van der Waals surface area contributed by atoms with Crippen LogP contribution in [0.25, 0.3) is 5.95 Å². The predicted octanol–water partition coefficient (Wildman–Crippen LogP) is 1.21. The lowest BCUT2D eigenvalue weighted by molar-refractivity contribution is 0.0923. The second-order valence-corrected chi connectivity index (χ2v) is 4.46. The van der Waals surface area contributed by atoms with Gasteiger partial charge >= 0.3 is 6.01 Å². The van der Waals surface area contributed by atoms with Gasteiger partial charge in [-0.3, -0.25) is 4.57 Å². The van der Waals surface area contributed by atoms with Gasteiger partial charge in [-0.15, -0.1) is 0 Å². The van der Waals surface area contributed by atoms with Crippen LogP contribution in [-0.2, 0) is 0 Å². The topological polar surface area (TPSA) is 91.7 Å².